The summed E-state index contributed by atoms with van der Waals surface area (Å²) in [5.41, 5.74) is 8.14. The molecular formula is C18H17N3O2. The summed E-state index contributed by atoms with van der Waals surface area (Å²) in [7, 11) is 0. The average molecular weight is 307 g/mol. The van der Waals surface area contributed by atoms with E-state index >= 15 is 0 Å². The third-order valence-electron chi connectivity index (χ3n) is 3.33. The number of rotatable bonds is 6. The second-order valence-corrected chi connectivity index (χ2v) is 5.17. The van der Waals surface area contributed by atoms with E-state index < -0.39 is 5.91 Å². The lowest BCUT2D eigenvalue weighted by Gasteiger charge is -2.07. The Kier molecular flexibility index (Phi) is 4.38. The van der Waals surface area contributed by atoms with E-state index in [1.54, 1.807) is 6.07 Å². The molecular weight excluding hydrogens is 290 g/mol. The van der Waals surface area contributed by atoms with E-state index in [2.05, 4.69) is 5.10 Å². The zero-order valence-electron chi connectivity index (χ0n) is 12.6. The molecule has 0 unspecified atom stereocenters. The number of primary amides is 1. The van der Waals surface area contributed by atoms with Gasteiger partial charge in [0.15, 0.2) is 6.61 Å². The van der Waals surface area contributed by atoms with Crippen molar-refractivity contribution in [2.75, 3.05) is 6.61 Å². The summed E-state index contributed by atoms with van der Waals surface area (Å²) in [5.74, 6) is 0.131. The Hall–Kier alpha value is -3.08. The summed E-state index contributed by atoms with van der Waals surface area (Å²) >= 11 is 0. The van der Waals surface area contributed by atoms with Crippen LogP contribution in [0.2, 0.25) is 0 Å². The lowest BCUT2D eigenvalue weighted by molar-refractivity contribution is -0.119. The highest BCUT2D eigenvalue weighted by molar-refractivity contribution is 5.75. The number of carbonyl (C=O) groups is 1. The van der Waals surface area contributed by atoms with Gasteiger partial charge in [0.1, 0.15) is 5.75 Å². The molecule has 0 saturated carbocycles. The van der Waals surface area contributed by atoms with Crippen LogP contribution in [0.1, 0.15) is 5.56 Å². The fourth-order valence-electron chi connectivity index (χ4n) is 2.29. The lowest BCUT2D eigenvalue weighted by Crippen LogP contribution is -2.20. The Labute approximate surface area is 134 Å². The van der Waals surface area contributed by atoms with E-state index in [1.807, 2.05) is 65.5 Å². The van der Waals surface area contributed by atoms with Crippen LogP contribution in [-0.2, 0) is 11.3 Å². The number of nitrogens with zero attached hydrogens (tertiary/aromatic N) is 2. The van der Waals surface area contributed by atoms with Gasteiger partial charge >= 0.3 is 0 Å². The molecule has 1 heterocycles. The Morgan fingerprint density at radius 1 is 1.09 bits per heavy atom. The molecule has 116 valence electrons. The summed E-state index contributed by atoms with van der Waals surface area (Å²) in [6.07, 6.45) is 1.94. The standard InChI is InChI=1S/C18H17N3O2/c19-18(22)13-23-16-8-4-5-14(11-16)12-21-10-9-17(20-21)15-6-2-1-3-7-15/h1-11H,12-13H2,(H2,19,22). The van der Waals surface area contributed by atoms with Gasteiger partial charge in [0.05, 0.1) is 12.2 Å². The number of benzene rings is 2. The Morgan fingerprint density at radius 3 is 2.70 bits per heavy atom. The molecule has 0 aliphatic heterocycles. The molecule has 0 atom stereocenters. The van der Waals surface area contributed by atoms with Gasteiger partial charge in [0.2, 0.25) is 0 Å². The maximum atomic E-state index is 10.8. The lowest BCUT2D eigenvalue weighted by atomic mass is 10.2. The van der Waals surface area contributed by atoms with E-state index in [4.69, 9.17) is 10.5 Å². The zero-order valence-corrected chi connectivity index (χ0v) is 12.6. The van der Waals surface area contributed by atoms with Crippen LogP contribution in [-0.4, -0.2) is 22.3 Å². The van der Waals surface area contributed by atoms with Crippen molar-refractivity contribution in [3.8, 4) is 17.0 Å². The molecule has 0 spiro atoms. The van der Waals surface area contributed by atoms with Crippen LogP contribution in [0.5, 0.6) is 5.75 Å². The molecule has 0 radical (unpaired) electrons. The molecule has 0 saturated heterocycles. The summed E-state index contributed by atoms with van der Waals surface area (Å²) < 4.78 is 7.19. The molecule has 3 aromatic rings. The minimum Gasteiger partial charge on any atom is -0.484 e. The van der Waals surface area contributed by atoms with Gasteiger partial charge in [-0.25, -0.2) is 0 Å². The first kappa shape index (κ1) is 14.8. The van der Waals surface area contributed by atoms with Crippen LogP contribution in [0.3, 0.4) is 0 Å². The first-order chi connectivity index (χ1) is 11.2. The number of carbonyl (C=O) groups excluding carboxylic acids is 1. The van der Waals surface area contributed by atoms with Gasteiger partial charge in [-0.15, -0.1) is 0 Å². The van der Waals surface area contributed by atoms with Crippen LogP contribution in [0.25, 0.3) is 11.3 Å². The molecule has 23 heavy (non-hydrogen) atoms. The van der Waals surface area contributed by atoms with Gasteiger partial charge in [-0.05, 0) is 23.8 Å². The molecule has 3 rings (SSSR count). The molecule has 0 fully saturated rings. The molecule has 0 aliphatic carbocycles. The number of aromatic nitrogens is 2. The van der Waals surface area contributed by atoms with Crippen molar-refractivity contribution in [1.82, 2.24) is 9.78 Å². The molecule has 1 aromatic heterocycles. The molecule has 2 N–H and O–H groups in total. The van der Waals surface area contributed by atoms with Crippen LogP contribution in [0.15, 0.2) is 66.9 Å². The quantitative estimate of drug-likeness (QED) is 0.760. The van der Waals surface area contributed by atoms with Crippen LogP contribution in [0.4, 0.5) is 0 Å². The number of ether oxygens (including phenoxy) is 1. The number of hydrogen-bond acceptors (Lipinski definition) is 3. The smallest absolute Gasteiger partial charge is 0.255 e. The van der Waals surface area contributed by atoms with Crippen LogP contribution in [0, 0.1) is 0 Å². The third kappa shape index (κ3) is 3.97. The van der Waals surface area contributed by atoms with Crippen molar-refractivity contribution < 1.29 is 9.53 Å². The Balaban J connectivity index is 1.71. The minimum absolute atomic E-state index is 0.122. The molecule has 1 amide bonds. The van der Waals surface area contributed by atoms with Crippen LogP contribution < -0.4 is 10.5 Å². The summed E-state index contributed by atoms with van der Waals surface area (Å²) in [5, 5.41) is 4.58. The van der Waals surface area contributed by atoms with Gasteiger partial charge in [-0.3, -0.25) is 9.48 Å². The van der Waals surface area contributed by atoms with Gasteiger partial charge in [0, 0.05) is 11.8 Å². The van der Waals surface area contributed by atoms with E-state index in [0.717, 1.165) is 16.8 Å². The number of nitrogens with two attached hydrogens (primary N) is 1. The fourth-order valence-corrected chi connectivity index (χ4v) is 2.29. The highest BCUT2D eigenvalue weighted by atomic mass is 16.5. The van der Waals surface area contributed by atoms with Crippen molar-refractivity contribution in [3.05, 3.63) is 72.4 Å². The first-order valence-electron chi connectivity index (χ1n) is 7.29. The maximum Gasteiger partial charge on any atom is 0.255 e. The van der Waals surface area contributed by atoms with Crippen molar-refractivity contribution in [3.63, 3.8) is 0 Å². The highest BCUT2D eigenvalue weighted by Gasteiger charge is 2.04. The predicted molar refractivity (Wildman–Crippen MR) is 87.9 cm³/mol. The fraction of sp³-hybridized carbons (Fsp3) is 0.111. The number of amides is 1. The first-order valence-corrected chi connectivity index (χ1v) is 7.29. The predicted octanol–water partition coefficient (Wildman–Crippen LogP) is 2.46. The Bertz CT molecular complexity index is 797. The zero-order chi connectivity index (χ0) is 16.1. The Morgan fingerprint density at radius 2 is 1.91 bits per heavy atom. The highest BCUT2D eigenvalue weighted by Crippen LogP contribution is 2.18. The average Bonchev–Trinajstić information content (AvgIpc) is 3.03. The molecule has 5 nitrogen and oxygen atoms in total. The summed E-state index contributed by atoms with van der Waals surface area (Å²) in [6.45, 7) is 0.504. The van der Waals surface area contributed by atoms with Crippen molar-refractivity contribution >= 4 is 5.91 Å². The largest absolute Gasteiger partial charge is 0.484 e. The summed E-state index contributed by atoms with van der Waals surface area (Å²) in [4.78, 5) is 10.8. The maximum absolute atomic E-state index is 10.8. The van der Waals surface area contributed by atoms with E-state index in [1.165, 1.54) is 0 Å². The van der Waals surface area contributed by atoms with E-state index in [-0.39, 0.29) is 6.61 Å². The van der Waals surface area contributed by atoms with Crippen LogP contribution >= 0.6 is 0 Å². The molecule has 0 aliphatic rings. The molecule has 5 heteroatoms. The van der Waals surface area contributed by atoms with E-state index in [0.29, 0.717) is 12.3 Å². The molecule has 0 bridgehead atoms. The van der Waals surface area contributed by atoms with Crippen molar-refractivity contribution in [2.24, 2.45) is 5.73 Å². The van der Waals surface area contributed by atoms with Gasteiger partial charge < -0.3 is 10.5 Å². The second kappa shape index (κ2) is 6.79. The van der Waals surface area contributed by atoms with Crippen molar-refractivity contribution in [2.45, 2.75) is 6.54 Å². The number of hydrogen-bond donors (Lipinski definition) is 1. The minimum atomic E-state index is -0.491. The topological polar surface area (TPSA) is 70.1 Å². The monoisotopic (exact) mass is 307 g/mol. The van der Waals surface area contributed by atoms with Gasteiger partial charge in [-0.2, -0.15) is 5.10 Å². The second-order valence-electron chi connectivity index (χ2n) is 5.17. The summed E-state index contributed by atoms with van der Waals surface area (Å²) in [6, 6.07) is 19.6. The van der Waals surface area contributed by atoms with Crippen molar-refractivity contribution in [1.29, 1.82) is 0 Å². The normalized spacial score (nSPS) is 10.4. The molecule has 2 aromatic carbocycles. The van der Waals surface area contributed by atoms with Gasteiger partial charge in [0.25, 0.3) is 5.91 Å². The SMILES string of the molecule is NC(=O)COc1cccc(Cn2ccc(-c3ccccc3)n2)c1. The van der Waals surface area contributed by atoms with E-state index in [9.17, 15) is 4.79 Å². The van der Waals surface area contributed by atoms with Gasteiger partial charge in [-0.1, -0.05) is 42.5 Å². The third-order valence-corrected chi connectivity index (χ3v) is 3.33.